The lowest BCUT2D eigenvalue weighted by Crippen LogP contribution is -2.55. The fourth-order valence-electron chi connectivity index (χ4n) is 3.53. The Kier molecular flexibility index (Phi) is 6.86. The summed E-state index contributed by atoms with van der Waals surface area (Å²) in [6, 6.07) is 0. The molecule has 0 aromatic rings. The van der Waals surface area contributed by atoms with Gasteiger partial charge in [0.25, 0.3) is 0 Å². The first-order chi connectivity index (χ1) is 13.4. The van der Waals surface area contributed by atoms with Crippen molar-refractivity contribution in [3.63, 3.8) is 0 Å². The van der Waals surface area contributed by atoms with Crippen LogP contribution in [0.5, 0.6) is 0 Å². The molecule has 0 spiro atoms. The lowest BCUT2D eigenvalue weighted by Gasteiger charge is -2.37. The molecule has 2 fully saturated rings. The van der Waals surface area contributed by atoms with Gasteiger partial charge >= 0.3 is 11.9 Å². The summed E-state index contributed by atoms with van der Waals surface area (Å²) in [5.41, 5.74) is 0.569. The van der Waals surface area contributed by atoms with Crippen LogP contribution < -0.4 is 0 Å². The highest BCUT2D eigenvalue weighted by Crippen LogP contribution is 2.50. The van der Waals surface area contributed by atoms with E-state index >= 15 is 0 Å². The van der Waals surface area contributed by atoms with Crippen molar-refractivity contribution < 1.29 is 33.7 Å². The highest BCUT2D eigenvalue weighted by atomic mass is 16.6. The maximum atomic E-state index is 12.9. The van der Waals surface area contributed by atoms with Crippen LogP contribution in [-0.2, 0) is 28.6 Å². The Morgan fingerprint density at radius 2 is 1.93 bits per heavy atom. The number of ketones is 1. The van der Waals surface area contributed by atoms with Crippen molar-refractivity contribution in [2.24, 2.45) is 5.92 Å². The second-order valence-corrected chi connectivity index (χ2v) is 8.01. The van der Waals surface area contributed by atoms with Gasteiger partial charge in [0.05, 0.1) is 12.0 Å². The number of Topliss-reactive ketones (excluding diaryl/α,β-unsaturated/α-hetero) is 1. The highest BCUT2D eigenvalue weighted by molar-refractivity contribution is 5.97. The van der Waals surface area contributed by atoms with Crippen LogP contribution in [0.4, 0.5) is 0 Å². The number of hydrogen-bond acceptors (Lipinski definition) is 7. The third-order valence-electron chi connectivity index (χ3n) is 5.49. The van der Waals surface area contributed by atoms with Crippen molar-refractivity contribution in [1.29, 1.82) is 0 Å². The van der Waals surface area contributed by atoms with Gasteiger partial charge in [-0.2, -0.15) is 0 Å². The van der Waals surface area contributed by atoms with Gasteiger partial charge in [-0.3, -0.25) is 9.59 Å². The summed E-state index contributed by atoms with van der Waals surface area (Å²) in [4.78, 5) is 36.8. The molecular formula is C22H30O7. The van der Waals surface area contributed by atoms with Crippen molar-refractivity contribution in [1.82, 2.24) is 0 Å². The molecule has 1 aliphatic carbocycles. The Labute approximate surface area is 171 Å². The number of aliphatic hydroxyl groups is 1. The zero-order chi connectivity index (χ0) is 22.1. The maximum Gasteiger partial charge on any atom is 0.333 e. The number of esters is 2. The minimum atomic E-state index is -1.26. The number of rotatable bonds is 7. The number of ether oxygens (including phenoxy) is 3. The molecule has 0 amide bonds. The minimum absolute atomic E-state index is 0.310. The van der Waals surface area contributed by atoms with Gasteiger partial charge in [0.1, 0.15) is 12.2 Å². The third-order valence-corrected chi connectivity index (χ3v) is 5.49. The van der Waals surface area contributed by atoms with E-state index in [-0.39, 0.29) is 0 Å². The van der Waals surface area contributed by atoms with Crippen molar-refractivity contribution in [3.8, 4) is 0 Å². The smallest absolute Gasteiger partial charge is 0.333 e. The molecule has 1 heterocycles. The van der Waals surface area contributed by atoms with Gasteiger partial charge in [-0.05, 0) is 40.2 Å². The van der Waals surface area contributed by atoms with E-state index in [0.29, 0.717) is 17.6 Å². The molecule has 2 rings (SSSR count). The van der Waals surface area contributed by atoms with Gasteiger partial charge in [-0.25, -0.2) is 4.79 Å². The lowest BCUT2D eigenvalue weighted by atomic mass is 9.72. The Bertz CT molecular complexity index is 774. The van der Waals surface area contributed by atoms with E-state index in [4.69, 9.17) is 14.2 Å². The van der Waals surface area contributed by atoms with Crippen molar-refractivity contribution in [2.75, 3.05) is 0 Å². The number of carbonyl (C=O) groups excluding carboxylic acids is 3. The summed E-state index contributed by atoms with van der Waals surface area (Å²) >= 11 is 0. The predicted octanol–water partition coefficient (Wildman–Crippen LogP) is 2.43. The Hall–Kier alpha value is -2.25. The molecule has 1 saturated heterocycles. The van der Waals surface area contributed by atoms with Crippen molar-refractivity contribution >= 4 is 17.7 Å². The molecule has 1 N–H and O–H groups in total. The van der Waals surface area contributed by atoms with E-state index in [1.807, 2.05) is 19.9 Å². The molecule has 0 aromatic carbocycles. The van der Waals surface area contributed by atoms with Crippen LogP contribution in [-0.4, -0.2) is 52.8 Å². The molecular weight excluding hydrogens is 376 g/mol. The van der Waals surface area contributed by atoms with Crippen LogP contribution in [0.25, 0.3) is 0 Å². The normalized spacial score (nSPS) is 32.0. The second kappa shape index (κ2) is 8.63. The molecule has 2 aliphatic rings. The van der Waals surface area contributed by atoms with Crippen LogP contribution in [0.3, 0.4) is 0 Å². The topological polar surface area (TPSA) is 102 Å². The predicted molar refractivity (Wildman–Crippen MR) is 106 cm³/mol. The molecule has 1 aliphatic heterocycles. The monoisotopic (exact) mass is 406 g/mol. The summed E-state index contributed by atoms with van der Waals surface area (Å²) in [5.74, 6) is -2.54. The molecule has 0 unspecified atom stereocenters. The van der Waals surface area contributed by atoms with E-state index in [2.05, 4.69) is 6.58 Å². The van der Waals surface area contributed by atoms with Gasteiger partial charge in [-0.15, -0.1) is 0 Å². The van der Waals surface area contributed by atoms with Crippen LogP contribution in [0, 0.1) is 5.92 Å². The molecule has 0 radical (unpaired) electrons. The third kappa shape index (κ3) is 4.67. The zero-order valence-corrected chi connectivity index (χ0v) is 17.9. The number of epoxide rings is 1. The molecule has 0 aromatic heterocycles. The van der Waals surface area contributed by atoms with Gasteiger partial charge in [0.2, 0.25) is 5.78 Å². The Morgan fingerprint density at radius 3 is 2.45 bits per heavy atom. The number of hydrogen-bond donors (Lipinski definition) is 1. The van der Waals surface area contributed by atoms with Gasteiger partial charge in [-0.1, -0.05) is 24.3 Å². The number of fused-ring (bicyclic) bond motifs is 1. The number of carbonyl (C=O) groups is 3. The van der Waals surface area contributed by atoms with Crippen LogP contribution in [0.1, 0.15) is 48.0 Å². The number of aliphatic hydroxyl groups excluding tert-OH is 1. The Morgan fingerprint density at radius 1 is 1.31 bits per heavy atom. The molecule has 0 bridgehead atoms. The first-order valence-electron chi connectivity index (χ1n) is 9.67. The summed E-state index contributed by atoms with van der Waals surface area (Å²) in [7, 11) is 0. The first kappa shape index (κ1) is 23.0. The van der Waals surface area contributed by atoms with Crippen LogP contribution >= 0.6 is 0 Å². The maximum absolute atomic E-state index is 12.9. The molecule has 7 heteroatoms. The van der Waals surface area contributed by atoms with Gasteiger partial charge in [0.15, 0.2) is 11.7 Å². The van der Waals surface area contributed by atoms with E-state index in [1.165, 1.54) is 6.92 Å². The molecule has 29 heavy (non-hydrogen) atoms. The van der Waals surface area contributed by atoms with E-state index in [1.54, 1.807) is 26.8 Å². The quantitative estimate of drug-likeness (QED) is 0.300. The molecule has 160 valence electrons. The van der Waals surface area contributed by atoms with Crippen molar-refractivity contribution in [2.45, 2.75) is 78.0 Å². The van der Waals surface area contributed by atoms with E-state index in [0.717, 1.165) is 5.57 Å². The highest BCUT2D eigenvalue weighted by Gasteiger charge is 2.70. The standard InChI is InChI=1S/C22H30O7/c1-8-12(4)21(26)28-15(10-9-11(2)3)13(5)16-17(24)20-22(7,29-20)19(25)18(16)27-14(6)23/h8-9,15-18,20,24H,5,10H2,1-4,6-7H3/b12-8-/t15-,16-,17-,18+,20+,22-/m0/s1. The fraction of sp³-hybridized carbons (Fsp3) is 0.591. The van der Waals surface area contributed by atoms with Gasteiger partial charge in [0, 0.05) is 18.9 Å². The summed E-state index contributed by atoms with van der Waals surface area (Å²) in [6.45, 7) is 14.0. The molecule has 1 saturated carbocycles. The summed E-state index contributed by atoms with van der Waals surface area (Å²) in [5, 5.41) is 10.8. The first-order valence-corrected chi connectivity index (χ1v) is 9.67. The van der Waals surface area contributed by atoms with Crippen LogP contribution in [0.2, 0.25) is 0 Å². The SMILES string of the molecule is C=C([C@H]1[C@H](O)[C@H]2O[C@@]2(C)C(=O)[C@@H]1OC(C)=O)[C@H](CC=C(C)C)OC(=O)/C(C)=C\C. The molecule has 7 nitrogen and oxygen atoms in total. The minimum Gasteiger partial charge on any atom is -0.454 e. The average Bonchev–Trinajstić information content (AvgIpc) is 3.35. The van der Waals surface area contributed by atoms with E-state index in [9.17, 15) is 19.5 Å². The summed E-state index contributed by atoms with van der Waals surface area (Å²) < 4.78 is 16.3. The van der Waals surface area contributed by atoms with E-state index < -0.39 is 53.7 Å². The number of allylic oxidation sites excluding steroid dienone is 2. The fourth-order valence-corrected chi connectivity index (χ4v) is 3.53. The van der Waals surface area contributed by atoms with Gasteiger partial charge < -0.3 is 19.3 Å². The lowest BCUT2D eigenvalue weighted by molar-refractivity contribution is -0.162. The zero-order valence-electron chi connectivity index (χ0n) is 17.9. The van der Waals surface area contributed by atoms with Crippen LogP contribution in [0.15, 0.2) is 35.5 Å². The Balaban J connectivity index is 2.37. The second-order valence-electron chi connectivity index (χ2n) is 8.01. The largest absolute Gasteiger partial charge is 0.454 e. The summed E-state index contributed by atoms with van der Waals surface area (Å²) in [6.07, 6.45) is -0.0605. The average molecular weight is 406 g/mol. The molecule has 6 atom stereocenters. The van der Waals surface area contributed by atoms with Crippen molar-refractivity contribution in [3.05, 3.63) is 35.5 Å².